The third kappa shape index (κ3) is 7.18. The number of methoxy groups -OCH3 is 1. The van der Waals surface area contributed by atoms with Crippen molar-refractivity contribution in [2.75, 3.05) is 7.11 Å². The summed E-state index contributed by atoms with van der Waals surface area (Å²) < 4.78 is 34.5. The highest BCUT2D eigenvalue weighted by Gasteiger charge is 2.36. The predicted molar refractivity (Wildman–Crippen MR) is 131 cm³/mol. The first-order valence-electron chi connectivity index (χ1n) is 10.4. The second kappa shape index (κ2) is 10.9. The molecular formula is C25H33NO3SSi. The first-order chi connectivity index (χ1) is 14.6. The van der Waals surface area contributed by atoms with Crippen molar-refractivity contribution in [2.24, 2.45) is 0 Å². The maximum absolute atomic E-state index is 13.8. The number of aryl methyl sites for hydroxylation is 1. The summed E-state index contributed by atoms with van der Waals surface area (Å²) in [6, 6.07) is 16.4. The van der Waals surface area contributed by atoms with E-state index in [0.717, 1.165) is 11.1 Å². The van der Waals surface area contributed by atoms with Crippen LogP contribution in [-0.4, -0.2) is 40.2 Å². The summed E-state index contributed by atoms with van der Waals surface area (Å²) in [4.78, 5) is 0.234. The van der Waals surface area contributed by atoms with Crippen molar-refractivity contribution in [1.29, 1.82) is 0 Å². The number of ether oxygens (including phenoxy) is 1. The summed E-state index contributed by atoms with van der Waals surface area (Å²) in [7, 11) is -3.94. The second-order valence-corrected chi connectivity index (χ2v) is 15.2. The topological polar surface area (TPSA) is 46.6 Å². The first-order valence-corrected chi connectivity index (χ1v) is 15.3. The van der Waals surface area contributed by atoms with Gasteiger partial charge in [0.25, 0.3) is 0 Å². The maximum Gasteiger partial charge on any atom is 0.245 e. The molecule has 0 bridgehead atoms. The lowest BCUT2D eigenvalue weighted by atomic mass is 10.0. The van der Waals surface area contributed by atoms with E-state index in [1.807, 2.05) is 37.3 Å². The minimum atomic E-state index is -3.85. The number of benzene rings is 2. The zero-order chi connectivity index (χ0) is 23.1. The molecule has 0 N–H and O–H groups in total. The molecule has 0 aliphatic heterocycles. The van der Waals surface area contributed by atoms with Crippen LogP contribution >= 0.6 is 0 Å². The zero-order valence-corrected chi connectivity index (χ0v) is 20.9. The maximum atomic E-state index is 13.8. The lowest BCUT2D eigenvalue weighted by molar-refractivity contribution is 0.0331. The average Bonchev–Trinajstić information content (AvgIpc) is 2.71. The minimum absolute atomic E-state index is 0.234. The molecule has 2 aromatic rings. The smallest absolute Gasteiger partial charge is 0.245 e. The summed E-state index contributed by atoms with van der Waals surface area (Å²) >= 11 is 0. The van der Waals surface area contributed by atoms with Crippen molar-refractivity contribution in [3.05, 3.63) is 78.4 Å². The summed E-state index contributed by atoms with van der Waals surface area (Å²) in [5, 5.41) is 0. The fourth-order valence-electron chi connectivity index (χ4n) is 3.25. The highest BCUT2D eigenvalue weighted by atomic mass is 32.2. The Morgan fingerprint density at radius 3 is 2.23 bits per heavy atom. The molecule has 0 spiro atoms. The molecule has 6 heteroatoms. The van der Waals surface area contributed by atoms with E-state index in [4.69, 9.17) is 4.74 Å². The van der Waals surface area contributed by atoms with Crippen LogP contribution in [0.5, 0.6) is 0 Å². The molecule has 166 valence electrons. The van der Waals surface area contributed by atoms with Crippen LogP contribution in [0.1, 0.15) is 17.5 Å². The first kappa shape index (κ1) is 25.1. The van der Waals surface area contributed by atoms with Crippen molar-refractivity contribution in [1.82, 2.24) is 4.31 Å². The number of sulfonamides is 1. The molecule has 0 unspecified atom stereocenters. The van der Waals surface area contributed by atoms with Crippen LogP contribution in [0.25, 0.3) is 0 Å². The van der Waals surface area contributed by atoms with E-state index >= 15 is 0 Å². The molecule has 4 nitrogen and oxygen atoms in total. The SMILES string of the molecule is C=C[C@@H](OC)N([C@@H](CC#C[Si](C)(C)C)Cc1ccccc1)S(=O)(=O)c1ccc(C)cc1. The molecular weight excluding hydrogens is 422 g/mol. The van der Waals surface area contributed by atoms with Crippen LogP contribution in [0, 0.1) is 18.4 Å². The van der Waals surface area contributed by atoms with E-state index in [1.165, 1.54) is 17.5 Å². The molecule has 0 fully saturated rings. The van der Waals surface area contributed by atoms with Gasteiger partial charge in [-0.1, -0.05) is 74.2 Å². The Hall–Kier alpha value is -2.17. The van der Waals surface area contributed by atoms with E-state index in [-0.39, 0.29) is 4.90 Å². The minimum Gasteiger partial charge on any atom is -0.362 e. The average molecular weight is 456 g/mol. The number of hydrogen-bond acceptors (Lipinski definition) is 3. The van der Waals surface area contributed by atoms with Gasteiger partial charge in [0.15, 0.2) is 0 Å². The van der Waals surface area contributed by atoms with Gasteiger partial charge in [-0.15, -0.1) is 11.5 Å². The molecule has 0 heterocycles. The highest BCUT2D eigenvalue weighted by molar-refractivity contribution is 7.89. The van der Waals surface area contributed by atoms with Crippen molar-refractivity contribution in [2.45, 2.75) is 56.6 Å². The standard InChI is InChI=1S/C25H33NO3SSi/c1-7-25(29-3)26(30(27,28)24-17-15-21(2)16-18-24)23(14-11-19-31(4,5)6)20-22-12-9-8-10-13-22/h7-10,12-13,15-18,23,25H,1,14,20H2,2-6H3/t23-,25+/m0/s1. The quantitative estimate of drug-likeness (QED) is 0.231. The monoisotopic (exact) mass is 455 g/mol. The molecule has 0 saturated heterocycles. The van der Waals surface area contributed by atoms with Gasteiger partial charge in [0.05, 0.1) is 4.90 Å². The molecule has 0 aromatic heterocycles. The lowest BCUT2D eigenvalue weighted by Crippen LogP contribution is -2.48. The largest absolute Gasteiger partial charge is 0.362 e. The van der Waals surface area contributed by atoms with Gasteiger partial charge in [0.2, 0.25) is 10.0 Å². The van der Waals surface area contributed by atoms with Crippen LogP contribution in [-0.2, 0) is 21.2 Å². The van der Waals surface area contributed by atoms with Crippen molar-refractivity contribution in [3.8, 4) is 11.5 Å². The Morgan fingerprint density at radius 1 is 1.10 bits per heavy atom. The van der Waals surface area contributed by atoms with Crippen LogP contribution in [0.15, 0.2) is 72.1 Å². The Morgan fingerprint density at radius 2 is 1.71 bits per heavy atom. The van der Waals surface area contributed by atoms with Crippen LogP contribution < -0.4 is 0 Å². The summed E-state index contributed by atoms with van der Waals surface area (Å²) in [6.45, 7) is 12.3. The zero-order valence-electron chi connectivity index (χ0n) is 19.1. The van der Waals surface area contributed by atoms with E-state index in [1.54, 1.807) is 24.3 Å². The van der Waals surface area contributed by atoms with E-state index in [0.29, 0.717) is 12.8 Å². The molecule has 0 saturated carbocycles. The van der Waals surface area contributed by atoms with E-state index < -0.39 is 30.4 Å². The Balaban J connectivity index is 2.57. The second-order valence-electron chi connectivity index (χ2n) is 8.61. The van der Waals surface area contributed by atoms with Crippen molar-refractivity contribution < 1.29 is 13.2 Å². The molecule has 0 aliphatic carbocycles. The lowest BCUT2D eigenvalue weighted by Gasteiger charge is -2.34. The highest BCUT2D eigenvalue weighted by Crippen LogP contribution is 2.26. The van der Waals surface area contributed by atoms with Gasteiger partial charge in [-0.3, -0.25) is 0 Å². The van der Waals surface area contributed by atoms with Crippen LogP contribution in [0.3, 0.4) is 0 Å². The third-order valence-corrected chi connectivity index (χ3v) is 7.62. The fourth-order valence-corrected chi connectivity index (χ4v) is 5.59. The van der Waals surface area contributed by atoms with Crippen molar-refractivity contribution >= 4 is 18.1 Å². The van der Waals surface area contributed by atoms with E-state index in [2.05, 4.69) is 37.7 Å². The molecule has 0 aliphatic rings. The van der Waals surface area contributed by atoms with Gasteiger partial charge in [0.1, 0.15) is 14.3 Å². The van der Waals surface area contributed by atoms with Gasteiger partial charge in [-0.05, 0) is 37.1 Å². The predicted octanol–water partition coefficient (Wildman–Crippen LogP) is 5.03. The fraction of sp³-hybridized carbons (Fsp3) is 0.360. The van der Waals surface area contributed by atoms with Gasteiger partial charge >= 0.3 is 0 Å². The normalized spacial score (nSPS) is 13.9. The van der Waals surface area contributed by atoms with Gasteiger partial charge in [-0.2, -0.15) is 4.31 Å². The molecule has 2 aromatic carbocycles. The third-order valence-electron chi connectivity index (χ3n) is 4.77. The van der Waals surface area contributed by atoms with Gasteiger partial charge < -0.3 is 4.74 Å². The van der Waals surface area contributed by atoms with E-state index in [9.17, 15) is 8.42 Å². The molecule has 0 radical (unpaired) electrons. The summed E-state index contributed by atoms with van der Waals surface area (Å²) in [6.07, 6.45) is 1.67. The van der Waals surface area contributed by atoms with Crippen molar-refractivity contribution in [3.63, 3.8) is 0 Å². The number of nitrogens with zero attached hydrogens (tertiary/aromatic N) is 1. The van der Waals surface area contributed by atoms with Gasteiger partial charge in [-0.25, -0.2) is 8.42 Å². The van der Waals surface area contributed by atoms with Crippen LogP contribution in [0.4, 0.5) is 0 Å². The number of hydrogen-bond donors (Lipinski definition) is 0. The Bertz CT molecular complexity index is 1020. The summed E-state index contributed by atoms with van der Waals surface area (Å²) in [5.41, 5.74) is 5.41. The molecule has 31 heavy (non-hydrogen) atoms. The Kier molecular flexibility index (Phi) is 8.84. The Labute approximate surface area is 189 Å². The number of rotatable bonds is 9. The molecule has 0 amide bonds. The molecule has 2 rings (SSSR count). The van der Waals surface area contributed by atoms with Crippen LogP contribution in [0.2, 0.25) is 19.6 Å². The summed E-state index contributed by atoms with van der Waals surface area (Å²) in [5.74, 6) is 3.28. The molecule has 2 atom stereocenters. The van der Waals surface area contributed by atoms with Gasteiger partial charge in [0, 0.05) is 19.6 Å².